The van der Waals surface area contributed by atoms with Crippen LogP contribution in [0.4, 0.5) is 5.69 Å². The lowest BCUT2D eigenvalue weighted by molar-refractivity contribution is 0.440. The lowest BCUT2D eigenvalue weighted by atomic mass is 10.1. The summed E-state index contributed by atoms with van der Waals surface area (Å²) in [5.74, 6) is 1.85. The molecule has 1 heterocycles. The second kappa shape index (κ2) is 6.72. The number of anilines is 1. The molecule has 0 fully saturated rings. The van der Waals surface area contributed by atoms with E-state index in [1.54, 1.807) is 0 Å². The number of aryl methyl sites for hydroxylation is 1. The number of nitrogens with two attached hydrogens (primary N) is 1. The highest BCUT2D eigenvalue weighted by molar-refractivity contribution is 5.88. The first-order chi connectivity index (χ1) is 12.7. The number of rotatable bonds is 4. The number of fused-ring (bicyclic) bond motifs is 1. The smallest absolute Gasteiger partial charge is 0.249 e. The summed E-state index contributed by atoms with van der Waals surface area (Å²) in [5.41, 5.74) is 7.58. The molecule has 26 heavy (non-hydrogen) atoms. The summed E-state index contributed by atoms with van der Waals surface area (Å²) < 4.78 is 11.7. The monoisotopic (exact) mass is 343 g/mol. The summed E-state index contributed by atoms with van der Waals surface area (Å²) >= 11 is 0. The van der Waals surface area contributed by atoms with Crippen molar-refractivity contribution >= 4 is 16.5 Å². The predicted molar refractivity (Wildman–Crippen MR) is 102 cm³/mol. The van der Waals surface area contributed by atoms with Crippen molar-refractivity contribution in [2.75, 3.05) is 5.73 Å². The van der Waals surface area contributed by atoms with Gasteiger partial charge in [0.05, 0.1) is 0 Å². The van der Waals surface area contributed by atoms with Crippen LogP contribution in [0.1, 0.15) is 5.56 Å². The van der Waals surface area contributed by atoms with Crippen LogP contribution in [0.25, 0.3) is 10.8 Å². The SMILES string of the molecule is Cc1ccc(Oc2ncnc(Oc3cccc4ccccc34)c2N)cc1. The Bertz CT molecular complexity index is 1060. The fourth-order valence-corrected chi connectivity index (χ4v) is 2.63. The second-order valence-corrected chi connectivity index (χ2v) is 5.89. The van der Waals surface area contributed by atoms with Crippen molar-refractivity contribution in [1.82, 2.24) is 9.97 Å². The van der Waals surface area contributed by atoms with E-state index < -0.39 is 0 Å². The average molecular weight is 343 g/mol. The van der Waals surface area contributed by atoms with Gasteiger partial charge in [0, 0.05) is 5.39 Å². The van der Waals surface area contributed by atoms with E-state index in [1.807, 2.05) is 73.7 Å². The summed E-state index contributed by atoms with van der Waals surface area (Å²) in [6, 6.07) is 21.4. The van der Waals surface area contributed by atoms with Gasteiger partial charge in [0.1, 0.15) is 17.8 Å². The summed E-state index contributed by atoms with van der Waals surface area (Å²) in [4.78, 5) is 8.28. The number of benzene rings is 3. The number of ether oxygens (including phenoxy) is 2. The lowest BCUT2D eigenvalue weighted by Crippen LogP contribution is -2.00. The van der Waals surface area contributed by atoms with E-state index in [0.29, 0.717) is 11.5 Å². The van der Waals surface area contributed by atoms with Gasteiger partial charge >= 0.3 is 0 Å². The van der Waals surface area contributed by atoms with E-state index in [4.69, 9.17) is 15.2 Å². The molecule has 0 amide bonds. The van der Waals surface area contributed by atoms with Crippen molar-refractivity contribution in [1.29, 1.82) is 0 Å². The van der Waals surface area contributed by atoms with Crippen LogP contribution in [0.5, 0.6) is 23.3 Å². The number of hydrogen-bond donors (Lipinski definition) is 1. The van der Waals surface area contributed by atoms with Crippen LogP contribution in [-0.2, 0) is 0 Å². The van der Waals surface area contributed by atoms with Crippen LogP contribution in [0.15, 0.2) is 73.1 Å². The summed E-state index contributed by atoms with van der Waals surface area (Å²) in [5, 5.41) is 2.06. The molecule has 0 aliphatic heterocycles. The third kappa shape index (κ3) is 3.15. The molecule has 4 aromatic rings. The Morgan fingerprint density at radius 1 is 0.769 bits per heavy atom. The maximum atomic E-state index is 6.18. The topological polar surface area (TPSA) is 70.3 Å². The first-order valence-electron chi connectivity index (χ1n) is 8.21. The highest BCUT2D eigenvalue weighted by atomic mass is 16.5. The zero-order chi connectivity index (χ0) is 17.9. The summed E-state index contributed by atoms with van der Waals surface area (Å²) in [6.45, 7) is 2.01. The Morgan fingerprint density at radius 3 is 2.27 bits per heavy atom. The molecule has 4 rings (SSSR count). The molecule has 0 bridgehead atoms. The molecule has 3 aromatic carbocycles. The first kappa shape index (κ1) is 15.9. The van der Waals surface area contributed by atoms with Gasteiger partial charge in [-0.3, -0.25) is 0 Å². The van der Waals surface area contributed by atoms with Gasteiger partial charge in [0.2, 0.25) is 11.8 Å². The minimum Gasteiger partial charge on any atom is -0.437 e. The van der Waals surface area contributed by atoms with E-state index in [2.05, 4.69) is 9.97 Å². The molecule has 1 aromatic heterocycles. The van der Waals surface area contributed by atoms with Gasteiger partial charge in [-0.2, -0.15) is 9.97 Å². The highest BCUT2D eigenvalue weighted by Gasteiger charge is 2.13. The molecule has 5 nitrogen and oxygen atoms in total. The first-order valence-corrected chi connectivity index (χ1v) is 8.21. The van der Waals surface area contributed by atoms with Gasteiger partial charge < -0.3 is 15.2 Å². The van der Waals surface area contributed by atoms with Crippen molar-refractivity contribution in [3.63, 3.8) is 0 Å². The fourth-order valence-electron chi connectivity index (χ4n) is 2.63. The van der Waals surface area contributed by atoms with Gasteiger partial charge in [-0.1, -0.05) is 54.1 Å². The third-order valence-electron chi connectivity index (χ3n) is 4.00. The van der Waals surface area contributed by atoms with Crippen molar-refractivity contribution in [3.8, 4) is 23.3 Å². The minimum absolute atomic E-state index is 0.251. The maximum absolute atomic E-state index is 6.18. The van der Waals surface area contributed by atoms with Crippen LogP contribution in [-0.4, -0.2) is 9.97 Å². The predicted octanol–water partition coefficient (Wildman–Crippen LogP) is 5.11. The molecule has 0 atom stereocenters. The van der Waals surface area contributed by atoms with E-state index in [1.165, 1.54) is 6.33 Å². The van der Waals surface area contributed by atoms with Gasteiger partial charge in [0.15, 0.2) is 5.69 Å². The maximum Gasteiger partial charge on any atom is 0.249 e. The Balaban J connectivity index is 1.66. The Labute approximate surface area is 151 Å². The largest absolute Gasteiger partial charge is 0.437 e. The summed E-state index contributed by atoms with van der Waals surface area (Å²) in [7, 11) is 0. The fraction of sp³-hybridized carbons (Fsp3) is 0.0476. The standard InChI is InChI=1S/C21H17N3O2/c1-14-9-11-16(12-10-14)25-20-19(22)21(24-13-23-20)26-18-8-4-6-15-5-2-3-7-17(15)18/h2-13H,22H2,1H3. The highest BCUT2D eigenvalue weighted by Crippen LogP contribution is 2.35. The van der Waals surface area contributed by atoms with Crippen LogP contribution in [0.3, 0.4) is 0 Å². The van der Waals surface area contributed by atoms with E-state index in [0.717, 1.165) is 16.3 Å². The van der Waals surface area contributed by atoms with Gasteiger partial charge in [-0.05, 0) is 30.5 Å². The number of hydrogen-bond acceptors (Lipinski definition) is 5. The molecule has 0 radical (unpaired) electrons. The van der Waals surface area contributed by atoms with E-state index in [-0.39, 0.29) is 17.4 Å². The molecule has 0 saturated carbocycles. The quantitative estimate of drug-likeness (QED) is 0.558. The second-order valence-electron chi connectivity index (χ2n) is 5.89. The zero-order valence-electron chi connectivity index (χ0n) is 14.2. The minimum atomic E-state index is 0.251. The number of nitrogens with zero attached hydrogens (tertiary/aromatic N) is 2. The van der Waals surface area contributed by atoms with Crippen LogP contribution in [0.2, 0.25) is 0 Å². The van der Waals surface area contributed by atoms with Crippen LogP contribution in [0, 0.1) is 6.92 Å². The number of nitrogen functional groups attached to an aromatic ring is 1. The normalized spacial score (nSPS) is 10.7. The van der Waals surface area contributed by atoms with E-state index >= 15 is 0 Å². The Hall–Kier alpha value is -3.60. The van der Waals surface area contributed by atoms with E-state index in [9.17, 15) is 0 Å². The molecule has 0 aliphatic carbocycles. The van der Waals surface area contributed by atoms with Crippen LogP contribution < -0.4 is 15.2 Å². The molecule has 0 unspecified atom stereocenters. The summed E-state index contributed by atoms with van der Waals surface area (Å²) in [6.07, 6.45) is 1.38. The van der Waals surface area contributed by atoms with Crippen molar-refractivity contribution < 1.29 is 9.47 Å². The van der Waals surface area contributed by atoms with Gasteiger partial charge in [-0.25, -0.2) is 0 Å². The third-order valence-corrected chi connectivity index (χ3v) is 4.00. The molecule has 0 aliphatic rings. The molecule has 0 saturated heterocycles. The van der Waals surface area contributed by atoms with Gasteiger partial charge in [-0.15, -0.1) is 0 Å². The Morgan fingerprint density at radius 2 is 1.46 bits per heavy atom. The molecular formula is C21H17N3O2. The van der Waals surface area contributed by atoms with Crippen molar-refractivity contribution in [2.24, 2.45) is 0 Å². The molecular weight excluding hydrogens is 326 g/mol. The average Bonchev–Trinajstić information content (AvgIpc) is 2.67. The molecule has 128 valence electrons. The van der Waals surface area contributed by atoms with Crippen molar-refractivity contribution in [2.45, 2.75) is 6.92 Å². The molecule has 2 N–H and O–H groups in total. The number of aromatic nitrogens is 2. The zero-order valence-corrected chi connectivity index (χ0v) is 14.2. The lowest BCUT2D eigenvalue weighted by Gasteiger charge is -2.12. The molecule has 0 spiro atoms. The Kier molecular flexibility index (Phi) is 4.11. The van der Waals surface area contributed by atoms with Gasteiger partial charge in [0.25, 0.3) is 0 Å². The van der Waals surface area contributed by atoms with Crippen molar-refractivity contribution in [3.05, 3.63) is 78.6 Å². The molecule has 5 heteroatoms. The van der Waals surface area contributed by atoms with Crippen LogP contribution >= 0.6 is 0 Å².